The highest BCUT2D eigenvalue weighted by molar-refractivity contribution is 6.30. The Kier molecular flexibility index (Phi) is 8.65. The lowest BCUT2D eigenvalue weighted by Gasteiger charge is -2.13. The molecule has 0 unspecified atom stereocenters. The third kappa shape index (κ3) is 7.08. The van der Waals surface area contributed by atoms with Crippen LogP contribution in [0.3, 0.4) is 0 Å². The third-order valence-electron chi connectivity index (χ3n) is 4.78. The third-order valence-corrected chi connectivity index (χ3v) is 5.03. The van der Waals surface area contributed by atoms with E-state index in [1.165, 1.54) is 6.21 Å². The molecule has 0 heterocycles. The summed E-state index contributed by atoms with van der Waals surface area (Å²) in [5.74, 6) is 0.273. The van der Waals surface area contributed by atoms with E-state index in [4.69, 9.17) is 21.1 Å². The number of carbonyl (C=O) groups excluding carboxylic acids is 2. The van der Waals surface area contributed by atoms with Crippen LogP contribution in [0.15, 0.2) is 65.8 Å². The van der Waals surface area contributed by atoms with Crippen molar-refractivity contribution in [3.63, 3.8) is 0 Å². The first-order valence-electron chi connectivity index (χ1n) is 10.7. The number of anilines is 1. The van der Waals surface area contributed by atoms with Crippen LogP contribution in [0, 0.1) is 13.8 Å². The molecule has 0 aliphatic rings. The van der Waals surface area contributed by atoms with Crippen molar-refractivity contribution in [2.24, 2.45) is 5.10 Å². The average Bonchev–Trinajstić information content (AvgIpc) is 2.81. The van der Waals surface area contributed by atoms with Gasteiger partial charge in [-0.15, -0.1) is 0 Å². The number of hydrazone groups is 1. The molecule has 34 heavy (non-hydrogen) atoms. The van der Waals surface area contributed by atoms with E-state index in [0.717, 1.165) is 16.8 Å². The molecular formula is C26H26ClN3O4. The summed E-state index contributed by atoms with van der Waals surface area (Å²) in [6, 6.07) is 17.5. The van der Waals surface area contributed by atoms with Crippen molar-refractivity contribution in [3.05, 3.63) is 87.9 Å². The molecule has 0 saturated heterocycles. The zero-order valence-corrected chi connectivity index (χ0v) is 20.0. The molecule has 0 bridgehead atoms. The molecule has 0 aliphatic heterocycles. The van der Waals surface area contributed by atoms with Crippen molar-refractivity contribution < 1.29 is 19.1 Å². The molecule has 176 valence electrons. The lowest BCUT2D eigenvalue weighted by molar-refractivity contribution is -0.118. The number of hydrogen-bond donors (Lipinski definition) is 2. The first-order chi connectivity index (χ1) is 16.4. The second-order valence-electron chi connectivity index (χ2n) is 7.50. The summed E-state index contributed by atoms with van der Waals surface area (Å²) in [5, 5.41) is 7.40. The standard InChI is InChI=1S/C26H26ClN3O4/c1-4-33-24-14-19(15-28-30-26(32)20-8-10-21(27)11-9-20)7-12-23(24)34-16-25(31)29-22-13-17(2)5-6-18(22)3/h5-15H,4,16H2,1-3H3,(H,29,31)(H,30,32)/b28-15+. The number of nitrogens with one attached hydrogen (secondary N) is 2. The maximum absolute atomic E-state index is 12.4. The first kappa shape index (κ1) is 24.8. The number of nitrogens with zero attached hydrogens (tertiary/aromatic N) is 1. The second kappa shape index (κ2) is 11.9. The minimum absolute atomic E-state index is 0.169. The van der Waals surface area contributed by atoms with Gasteiger partial charge in [0.2, 0.25) is 0 Å². The quantitative estimate of drug-likeness (QED) is 0.328. The van der Waals surface area contributed by atoms with Crippen LogP contribution in [0.2, 0.25) is 5.02 Å². The fraction of sp³-hybridized carbons (Fsp3) is 0.192. The van der Waals surface area contributed by atoms with E-state index in [9.17, 15) is 9.59 Å². The fourth-order valence-corrected chi connectivity index (χ4v) is 3.15. The molecule has 0 atom stereocenters. The monoisotopic (exact) mass is 479 g/mol. The van der Waals surface area contributed by atoms with Gasteiger partial charge in [-0.25, -0.2) is 5.43 Å². The minimum atomic E-state index is -0.354. The predicted octanol–water partition coefficient (Wildman–Crippen LogP) is 5.14. The normalized spacial score (nSPS) is 10.7. The number of amides is 2. The van der Waals surface area contributed by atoms with Gasteiger partial charge in [0, 0.05) is 16.3 Å². The van der Waals surface area contributed by atoms with E-state index in [2.05, 4.69) is 15.8 Å². The van der Waals surface area contributed by atoms with E-state index in [1.54, 1.807) is 42.5 Å². The van der Waals surface area contributed by atoms with E-state index < -0.39 is 0 Å². The Morgan fingerprint density at radius 3 is 2.47 bits per heavy atom. The summed E-state index contributed by atoms with van der Waals surface area (Å²) >= 11 is 5.84. The summed E-state index contributed by atoms with van der Waals surface area (Å²) in [5.41, 5.74) is 6.38. The van der Waals surface area contributed by atoms with E-state index in [0.29, 0.717) is 34.3 Å². The van der Waals surface area contributed by atoms with Crippen LogP contribution < -0.4 is 20.2 Å². The van der Waals surface area contributed by atoms with Gasteiger partial charge in [-0.1, -0.05) is 23.7 Å². The van der Waals surface area contributed by atoms with Crippen LogP contribution in [-0.2, 0) is 4.79 Å². The van der Waals surface area contributed by atoms with Crippen molar-refractivity contribution in [2.75, 3.05) is 18.5 Å². The number of aryl methyl sites for hydroxylation is 2. The topological polar surface area (TPSA) is 89.0 Å². The first-order valence-corrected chi connectivity index (χ1v) is 11.1. The SMILES string of the molecule is CCOc1cc(/C=N/NC(=O)c2ccc(Cl)cc2)ccc1OCC(=O)Nc1cc(C)ccc1C. The fourth-order valence-electron chi connectivity index (χ4n) is 3.02. The lowest BCUT2D eigenvalue weighted by Crippen LogP contribution is -2.21. The Bertz CT molecular complexity index is 1190. The smallest absolute Gasteiger partial charge is 0.271 e. The van der Waals surface area contributed by atoms with Gasteiger partial charge in [-0.05, 0) is 86.0 Å². The van der Waals surface area contributed by atoms with Crippen molar-refractivity contribution in [1.82, 2.24) is 5.43 Å². The Hall–Kier alpha value is -3.84. The van der Waals surface area contributed by atoms with Crippen molar-refractivity contribution in [2.45, 2.75) is 20.8 Å². The molecule has 0 spiro atoms. The van der Waals surface area contributed by atoms with E-state index >= 15 is 0 Å². The van der Waals surface area contributed by atoms with Gasteiger partial charge < -0.3 is 14.8 Å². The van der Waals surface area contributed by atoms with Gasteiger partial charge >= 0.3 is 0 Å². The van der Waals surface area contributed by atoms with Crippen molar-refractivity contribution >= 4 is 35.3 Å². The molecule has 8 heteroatoms. The molecule has 0 fully saturated rings. The largest absolute Gasteiger partial charge is 0.490 e. The second-order valence-corrected chi connectivity index (χ2v) is 7.94. The van der Waals surface area contributed by atoms with Crippen molar-refractivity contribution in [3.8, 4) is 11.5 Å². The summed E-state index contributed by atoms with van der Waals surface area (Å²) < 4.78 is 11.3. The molecule has 7 nitrogen and oxygen atoms in total. The van der Waals surface area contributed by atoms with Gasteiger partial charge in [0.05, 0.1) is 12.8 Å². The zero-order valence-electron chi connectivity index (χ0n) is 19.2. The molecular weight excluding hydrogens is 454 g/mol. The van der Waals surface area contributed by atoms with E-state index in [-0.39, 0.29) is 18.4 Å². The Morgan fingerprint density at radius 1 is 0.971 bits per heavy atom. The Morgan fingerprint density at radius 2 is 1.74 bits per heavy atom. The van der Waals surface area contributed by atoms with Crippen LogP contribution in [-0.4, -0.2) is 31.2 Å². The highest BCUT2D eigenvalue weighted by Gasteiger charge is 2.11. The summed E-state index contributed by atoms with van der Waals surface area (Å²) in [6.07, 6.45) is 1.49. The number of carbonyl (C=O) groups is 2. The van der Waals surface area contributed by atoms with Gasteiger partial charge in [0.25, 0.3) is 11.8 Å². The number of rotatable bonds is 9. The molecule has 0 saturated carbocycles. The zero-order chi connectivity index (χ0) is 24.5. The number of ether oxygens (including phenoxy) is 2. The molecule has 0 aromatic heterocycles. The van der Waals surface area contributed by atoms with Crippen LogP contribution in [0.25, 0.3) is 0 Å². The minimum Gasteiger partial charge on any atom is -0.490 e. The molecule has 3 rings (SSSR count). The molecule has 0 radical (unpaired) electrons. The Labute approximate surface area is 203 Å². The summed E-state index contributed by atoms with van der Waals surface area (Å²) in [4.78, 5) is 24.5. The maximum Gasteiger partial charge on any atom is 0.271 e. The predicted molar refractivity (Wildman–Crippen MR) is 134 cm³/mol. The highest BCUT2D eigenvalue weighted by Crippen LogP contribution is 2.28. The number of hydrogen-bond acceptors (Lipinski definition) is 5. The molecule has 3 aromatic carbocycles. The van der Waals surface area contributed by atoms with Gasteiger partial charge in [0.15, 0.2) is 18.1 Å². The van der Waals surface area contributed by atoms with Crippen LogP contribution in [0.5, 0.6) is 11.5 Å². The molecule has 3 aromatic rings. The molecule has 0 aliphatic carbocycles. The molecule has 2 N–H and O–H groups in total. The van der Waals surface area contributed by atoms with Crippen molar-refractivity contribution in [1.29, 1.82) is 0 Å². The number of halogens is 1. The van der Waals surface area contributed by atoms with Crippen LogP contribution in [0.1, 0.15) is 34.0 Å². The Balaban J connectivity index is 1.61. The summed E-state index contributed by atoms with van der Waals surface area (Å²) in [6.45, 7) is 6.00. The van der Waals surface area contributed by atoms with E-state index in [1.807, 2.05) is 39.0 Å². The maximum atomic E-state index is 12.4. The number of benzene rings is 3. The van der Waals surface area contributed by atoms with Gasteiger partial charge in [-0.2, -0.15) is 5.10 Å². The molecule has 2 amide bonds. The highest BCUT2D eigenvalue weighted by atomic mass is 35.5. The van der Waals surface area contributed by atoms with Crippen LogP contribution in [0.4, 0.5) is 5.69 Å². The lowest BCUT2D eigenvalue weighted by atomic mass is 10.1. The summed E-state index contributed by atoms with van der Waals surface area (Å²) in [7, 11) is 0. The average molecular weight is 480 g/mol. The van der Waals surface area contributed by atoms with Gasteiger partial charge in [-0.3, -0.25) is 9.59 Å². The van der Waals surface area contributed by atoms with Crippen LogP contribution >= 0.6 is 11.6 Å². The van der Waals surface area contributed by atoms with Gasteiger partial charge in [0.1, 0.15) is 0 Å².